The maximum atomic E-state index is 9.00. The van der Waals surface area contributed by atoms with Crippen LogP contribution in [0.25, 0.3) is 0 Å². The molecule has 0 unspecified atom stereocenters. The van der Waals surface area contributed by atoms with E-state index in [1.165, 1.54) is 9.75 Å². The summed E-state index contributed by atoms with van der Waals surface area (Å²) in [6.07, 6.45) is 0. The Kier molecular flexibility index (Phi) is 4.27. The first-order chi connectivity index (χ1) is 8.99. The second-order valence-electron chi connectivity index (χ2n) is 5.72. The molecule has 2 N–H and O–H groups in total. The highest BCUT2D eigenvalue weighted by Crippen LogP contribution is 2.29. The number of hydrogen-bond acceptors (Lipinski definition) is 3. The summed E-state index contributed by atoms with van der Waals surface area (Å²) >= 11 is 1.86. The predicted octanol–water partition coefficient (Wildman–Crippen LogP) is 4.15. The van der Waals surface area contributed by atoms with Crippen LogP contribution in [0.1, 0.15) is 36.1 Å². The molecule has 0 bridgehead atoms. The predicted molar refractivity (Wildman–Crippen MR) is 82.7 cm³/mol. The summed E-state index contributed by atoms with van der Waals surface area (Å²) in [5, 5.41) is 12.4. The number of aliphatic hydroxyl groups excluding tert-OH is 1. The number of hydrogen-bond donors (Lipinski definition) is 2. The SMILES string of the molecule is CC(C)(C)c1ccc(CNc2ccc(CO)cc2)s1. The standard InChI is InChI=1S/C16H21NOS/c1-16(2,3)15-9-8-14(19-15)10-17-13-6-4-12(11-18)5-7-13/h4-9,17-18H,10-11H2,1-3H3. The molecule has 19 heavy (non-hydrogen) atoms. The van der Waals surface area contributed by atoms with Crippen LogP contribution in [0.5, 0.6) is 0 Å². The normalized spacial score (nSPS) is 11.6. The van der Waals surface area contributed by atoms with Gasteiger partial charge in [0.1, 0.15) is 0 Å². The van der Waals surface area contributed by atoms with E-state index in [2.05, 4.69) is 38.2 Å². The first-order valence-electron chi connectivity index (χ1n) is 6.52. The van der Waals surface area contributed by atoms with Crippen molar-refractivity contribution in [3.8, 4) is 0 Å². The summed E-state index contributed by atoms with van der Waals surface area (Å²) in [5.74, 6) is 0. The quantitative estimate of drug-likeness (QED) is 0.878. The number of aliphatic hydroxyl groups is 1. The maximum Gasteiger partial charge on any atom is 0.0681 e. The van der Waals surface area contributed by atoms with Gasteiger partial charge in [0.05, 0.1) is 6.61 Å². The fourth-order valence-electron chi connectivity index (χ4n) is 1.79. The average Bonchev–Trinajstić information content (AvgIpc) is 2.86. The van der Waals surface area contributed by atoms with Gasteiger partial charge >= 0.3 is 0 Å². The van der Waals surface area contributed by atoms with Gasteiger partial charge in [-0.05, 0) is 35.2 Å². The Morgan fingerprint density at radius 3 is 2.26 bits per heavy atom. The molecule has 0 amide bonds. The van der Waals surface area contributed by atoms with Crippen LogP contribution in [-0.4, -0.2) is 5.11 Å². The van der Waals surface area contributed by atoms with E-state index in [0.29, 0.717) is 0 Å². The van der Waals surface area contributed by atoms with Crippen molar-refractivity contribution in [2.24, 2.45) is 0 Å². The highest BCUT2D eigenvalue weighted by Gasteiger charge is 2.15. The molecule has 0 aliphatic rings. The Bertz CT molecular complexity index is 522. The van der Waals surface area contributed by atoms with Gasteiger partial charge in [-0.25, -0.2) is 0 Å². The molecule has 2 rings (SSSR count). The molecule has 0 saturated carbocycles. The van der Waals surface area contributed by atoms with Crippen molar-refractivity contribution in [1.29, 1.82) is 0 Å². The van der Waals surface area contributed by atoms with E-state index in [0.717, 1.165) is 17.8 Å². The minimum Gasteiger partial charge on any atom is -0.392 e. The van der Waals surface area contributed by atoms with E-state index in [-0.39, 0.29) is 12.0 Å². The molecular formula is C16H21NOS. The van der Waals surface area contributed by atoms with E-state index >= 15 is 0 Å². The van der Waals surface area contributed by atoms with Crippen LogP contribution < -0.4 is 5.32 Å². The van der Waals surface area contributed by atoms with Crippen molar-refractivity contribution >= 4 is 17.0 Å². The molecule has 2 nitrogen and oxygen atoms in total. The molecule has 1 aromatic heterocycles. The number of thiophene rings is 1. The third-order valence-electron chi connectivity index (χ3n) is 3.00. The lowest BCUT2D eigenvalue weighted by Crippen LogP contribution is -2.07. The van der Waals surface area contributed by atoms with Gasteiger partial charge in [0, 0.05) is 22.0 Å². The fraction of sp³-hybridized carbons (Fsp3) is 0.375. The summed E-state index contributed by atoms with van der Waals surface area (Å²) in [4.78, 5) is 2.76. The van der Waals surface area contributed by atoms with E-state index in [9.17, 15) is 0 Å². The fourth-order valence-corrected chi connectivity index (χ4v) is 2.80. The lowest BCUT2D eigenvalue weighted by Gasteiger charge is -2.15. The van der Waals surface area contributed by atoms with Crippen molar-refractivity contribution < 1.29 is 5.11 Å². The highest BCUT2D eigenvalue weighted by molar-refractivity contribution is 7.12. The topological polar surface area (TPSA) is 32.3 Å². The molecule has 0 saturated heterocycles. The molecular weight excluding hydrogens is 254 g/mol. The molecule has 0 atom stereocenters. The molecule has 0 radical (unpaired) electrons. The van der Waals surface area contributed by atoms with Crippen LogP contribution in [0.2, 0.25) is 0 Å². The summed E-state index contributed by atoms with van der Waals surface area (Å²) in [7, 11) is 0. The van der Waals surface area contributed by atoms with Gasteiger partial charge in [-0.2, -0.15) is 0 Å². The van der Waals surface area contributed by atoms with Crippen molar-refractivity contribution in [3.63, 3.8) is 0 Å². The lowest BCUT2D eigenvalue weighted by atomic mass is 9.95. The average molecular weight is 275 g/mol. The van der Waals surface area contributed by atoms with Crippen molar-refractivity contribution in [2.75, 3.05) is 5.32 Å². The zero-order valence-electron chi connectivity index (χ0n) is 11.7. The number of benzene rings is 1. The molecule has 1 aromatic carbocycles. The van der Waals surface area contributed by atoms with Gasteiger partial charge in [0.2, 0.25) is 0 Å². The molecule has 0 aliphatic carbocycles. The molecule has 102 valence electrons. The Balaban J connectivity index is 1.96. The van der Waals surface area contributed by atoms with Crippen LogP contribution in [0.15, 0.2) is 36.4 Å². The second kappa shape index (κ2) is 5.76. The third kappa shape index (κ3) is 3.82. The largest absolute Gasteiger partial charge is 0.392 e. The second-order valence-corrected chi connectivity index (χ2v) is 6.89. The molecule has 0 spiro atoms. The molecule has 3 heteroatoms. The summed E-state index contributed by atoms with van der Waals surface area (Å²) in [6.45, 7) is 7.66. The minimum atomic E-state index is 0.0974. The Hall–Kier alpha value is -1.32. The number of rotatable bonds is 4. The van der Waals surface area contributed by atoms with Crippen molar-refractivity contribution in [3.05, 3.63) is 51.7 Å². The smallest absolute Gasteiger partial charge is 0.0681 e. The molecule has 0 fully saturated rings. The van der Waals surface area contributed by atoms with E-state index in [1.54, 1.807) is 0 Å². The van der Waals surface area contributed by atoms with Crippen LogP contribution in [-0.2, 0) is 18.6 Å². The maximum absolute atomic E-state index is 9.00. The monoisotopic (exact) mass is 275 g/mol. The van der Waals surface area contributed by atoms with Gasteiger partial charge in [-0.15, -0.1) is 11.3 Å². The molecule has 1 heterocycles. The highest BCUT2D eigenvalue weighted by atomic mass is 32.1. The number of anilines is 1. The van der Waals surface area contributed by atoms with Crippen LogP contribution >= 0.6 is 11.3 Å². The van der Waals surface area contributed by atoms with Crippen molar-refractivity contribution in [1.82, 2.24) is 0 Å². The van der Waals surface area contributed by atoms with Gasteiger partial charge in [-0.1, -0.05) is 32.9 Å². The van der Waals surface area contributed by atoms with Gasteiger partial charge in [0.15, 0.2) is 0 Å². The third-order valence-corrected chi connectivity index (χ3v) is 4.52. The van der Waals surface area contributed by atoms with Gasteiger partial charge in [0.25, 0.3) is 0 Å². The zero-order chi connectivity index (χ0) is 13.9. The Labute approximate surface area is 119 Å². The van der Waals surface area contributed by atoms with E-state index in [4.69, 9.17) is 5.11 Å². The summed E-state index contributed by atoms with van der Waals surface area (Å²) in [5.41, 5.74) is 2.26. The Morgan fingerprint density at radius 1 is 1.05 bits per heavy atom. The zero-order valence-corrected chi connectivity index (χ0v) is 12.6. The van der Waals surface area contributed by atoms with E-state index < -0.39 is 0 Å². The minimum absolute atomic E-state index is 0.0974. The Morgan fingerprint density at radius 2 is 1.74 bits per heavy atom. The van der Waals surface area contributed by atoms with Gasteiger partial charge < -0.3 is 10.4 Å². The van der Waals surface area contributed by atoms with Crippen LogP contribution in [0.4, 0.5) is 5.69 Å². The van der Waals surface area contributed by atoms with Gasteiger partial charge in [-0.3, -0.25) is 0 Å². The first kappa shape index (κ1) is 14.1. The number of nitrogens with one attached hydrogen (secondary N) is 1. The lowest BCUT2D eigenvalue weighted by molar-refractivity contribution is 0.282. The molecule has 0 aliphatic heterocycles. The van der Waals surface area contributed by atoms with Crippen LogP contribution in [0, 0.1) is 0 Å². The summed E-state index contributed by atoms with van der Waals surface area (Å²) < 4.78 is 0. The first-order valence-corrected chi connectivity index (χ1v) is 7.33. The van der Waals surface area contributed by atoms with Crippen LogP contribution in [0.3, 0.4) is 0 Å². The van der Waals surface area contributed by atoms with E-state index in [1.807, 2.05) is 35.6 Å². The summed E-state index contributed by atoms with van der Waals surface area (Å²) in [6, 6.07) is 12.3. The molecule has 2 aromatic rings. The van der Waals surface area contributed by atoms with Crippen molar-refractivity contribution in [2.45, 2.75) is 39.3 Å².